The first-order valence-corrected chi connectivity index (χ1v) is 13.1. The number of aromatic amines is 1. The molecule has 5 rings (SSSR count). The second-order valence-electron chi connectivity index (χ2n) is 9.74. The molecule has 10 nitrogen and oxygen atoms in total. The van der Waals surface area contributed by atoms with Gasteiger partial charge in [-0.25, -0.2) is 9.98 Å². The third-order valence-electron chi connectivity index (χ3n) is 6.50. The zero-order chi connectivity index (χ0) is 27.4. The van der Waals surface area contributed by atoms with Gasteiger partial charge in [0.1, 0.15) is 18.0 Å². The molecule has 10 heteroatoms. The second kappa shape index (κ2) is 11.8. The summed E-state index contributed by atoms with van der Waals surface area (Å²) < 4.78 is 22.6. The standard InChI is InChI=1S/C29H32N4O6/c1-18(2)38-29(35)25-26(34)24(16-20-17-31-27-22(20)5-4-8-30-27)39-28(25)32-23-7-6-21(15-19(23)3)37-14-11-33-9-12-36-13-10-33/h4-8,15-18,25H,9-14H2,1-3H3,(H,30,31)/b24-16-,32-28?. The van der Waals surface area contributed by atoms with Crippen LogP contribution in [0.15, 0.2) is 53.5 Å². The van der Waals surface area contributed by atoms with E-state index in [0.717, 1.165) is 49.5 Å². The molecule has 2 saturated heterocycles. The van der Waals surface area contributed by atoms with Crippen LogP contribution in [-0.2, 0) is 23.8 Å². The molecule has 0 spiro atoms. The summed E-state index contributed by atoms with van der Waals surface area (Å²) in [4.78, 5) is 40.5. The van der Waals surface area contributed by atoms with E-state index in [1.807, 2.05) is 31.2 Å². The maximum atomic E-state index is 13.3. The number of aliphatic imine (C=N–C) groups is 1. The van der Waals surface area contributed by atoms with E-state index in [4.69, 9.17) is 18.9 Å². The summed E-state index contributed by atoms with van der Waals surface area (Å²) in [6, 6.07) is 9.19. The molecule has 1 unspecified atom stereocenters. The van der Waals surface area contributed by atoms with Gasteiger partial charge in [-0.05, 0) is 62.7 Å². The molecule has 2 fully saturated rings. The van der Waals surface area contributed by atoms with Gasteiger partial charge in [-0.1, -0.05) is 0 Å². The number of ketones is 1. The summed E-state index contributed by atoms with van der Waals surface area (Å²) in [6.07, 6.45) is 4.62. The minimum Gasteiger partial charge on any atom is -0.492 e. The number of carbonyl (C=O) groups is 2. The summed E-state index contributed by atoms with van der Waals surface area (Å²) in [7, 11) is 0. The van der Waals surface area contributed by atoms with Gasteiger partial charge in [-0.15, -0.1) is 0 Å². The number of aryl methyl sites for hydroxylation is 1. The van der Waals surface area contributed by atoms with Crippen LogP contribution in [0.4, 0.5) is 5.69 Å². The molecule has 2 aliphatic heterocycles. The maximum absolute atomic E-state index is 13.3. The molecule has 0 saturated carbocycles. The second-order valence-corrected chi connectivity index (χ2v) is 9.74. The van der Waals surface area contributed by atoms with Gasteiger partial charge in [0, 0.05) is 43.0 Å². The van der Waals surface area contributed by atoms with E-state index in [-0.39, 0.29) is 11.7 Å². The van der Waals surface area contributed by atoms with Crippen molar-refractivity contribution in [2.45, 2.75) is 26.9 Å². The van der Waals surface area contributed by atoms with Crippen molar-refractivity contribution in [1.29, 1.82) is 0 Å². The Morgan fingerprint density at radius 2 is 2.10 bits per heavy atom. The number of allylic oxidation sites excluding steroid dienone is 1. The first-order valence-electron chi connectivity index (χ1n) is 13.1. The molecule has 3 aromatic rings. The zero-order valence-corrected chi connectivity index (χ0v) is 22.3. The number of pyridine rings is 1. The number of rotatable bonds is 8. The molecule has 4 heterocycles. The summed E-state index contributed by atoms with van der Waals surface area (Å²) >= 11 is 0. The van der Waals surface area contributed by atoms with Gasteiger partial charge in [-0.2, -0.15) is 0 Å². The van der Waals surface area contributed by atoms with Gasteiger partial charge in [0.15, 0.2) is 11.7 Å². The molecule has 2 aliphatic rings. The Kier molecular flexibility index (Phi) is 8.04. The topological polar surface area (TPSA) is 115 Å². The van der Waals surface area contributed by atoms with Crippen LogP contribution in [-0.4, -0.2) is 78.1 Å². The number of benzene rings is 1. The van der Waals surface area contributed by atoms with E-state index in [0.29, 0.717) is 23.5 Å². The summed E-state index contributed by atoms with van der Waals surface area (Å²) in [5.41, 5.74) is 2.78. The number of Topliss-reactive ketones (excluding diaryl/α,β-unsaturated/α-hetero) is 1. The Morgan fingerprint density at radius 3 is 2.87 bits per heavy atom. The molecule has 1 atom stereocenters. The smallest absolute Gasteiger partial charge is 0.326 e. The number of esters is 1. The fraction of sp³-hybridized carbons (Fsp3) is 0.379. The van der Waals surface area contributed by atoms with Crippen LogP contribution in [0.2, 0.25) is 0 Å². The minimum atomic E-state index is -1.29. The molecule has 204 valence electrons. The molecular formula is C29H32N4O6. The van der Waals surface area contributed by atoms with Crippen molar-refractivity contribution in [3.8, 4) is 5.75 Å². The van der Waals surface area contributed by atoms with E-state index in [1.165, 1.54) is 0 Å². The molecule has 0 aliphatic carbocycles. The van der Waals surface area contributed by atoms with Crippen molar-refractivity contribution >= 4 is 40.4 Å². The highest BCUT2D eigenvalue weighted by Gasteiger charge is 2.45. The number of hydrogen-bond donors (Lipinski definition) is 1. The van der Waals surface area contributed by atoms with Gasteiger partial charge in [0.05, 0.1) is 25.0 Å². The number of carbonyl (C=O) groups excluding carboxylic acids is 2. The van der Waals surface area contributed by atoms with Crippen LogP contribution in [0.1, 0.15) is 25.0 Å². The van der Waals surface area contributed by atoms with E-state index >= 15 is 0 Å². The average molecular weight is 533 g/mol. The number of ether oxygens (including phenoxy) is 4. The SMILES string of the molecule is Cc1cc(OCCN2CCOCC2)ccc1N=C1O/C(=C\c2c[nH]c3ncccc23)C(=O)C1C(=O)OC(C)C. The first-order chi connectivity index (χ1) is 18.9. The number of aromatic nitrogens is 2. The van der Waals surface area contributed by atoms with E-state index in [9.17, 15) is 9.59 Å². The lowest BCUT2D eigenvalue weighted by molar-refractivity contribution is -0.151. The minimum absolute atomic E-state index is 0.0149. The molecule has 1 N–H and O–H groups in total. The fourth-order valence-electron chi connectivity index (χ4n) is 4.49. The molecule has 39 heavy (non-hydrogen) atoms. The number of nitrogens with zero attached hydrogens (tertiary/aromatic N) is 3. The summed E-state index contributed by atoms with van der Waals surface area (Å²) in [5.74, 6) is -1.76. The van der Waals surface area contributed by atoms with Crippen LogP contribution in [0.3, 0.4) is 0 Å². The third-order valence-corrected chi connectivity index (χ3v) is 6.50. The fourth-order valence-corrected chi connectivity index (χ4v) is 4.49. The van der Waals surface area contributed by atoms with E-state index < -0.39 is 23.8 Å². The third kappa shape index (κ3) is 6.18. The highest BCUT2D eigenvalue weighted by molar-refractivity contribution is 6.27. The molecule has 0 amide bonds. The molecular weight excluding hydrogens is 500 g/mol. The Labute approximate surface area is 226 Å². The number of hydrogen-bond acceptors (Lipinski definition) is 9. The molecule has 2 aromatic heterocycles. The maximum Gasteiger partial charge on any atom is 0.326 e. The van der Waals surface area contributed by atoms with Crippen molar-refractivity contribution in [2.24, 2.45) is 10.9 Å². The van der Waals surface area contributed by atoms with Crippen LogP contribution in [0.25, 0.3) is 17.1 Å². The van der Waals surface area contributed by atoms with Gasteiger partial charge in [-0.3, -0.25) is 14.5 Å². The summed E-state index contributed by atoms with van der Waals surface area (Å²) in [6.45, 7) is 10.0. The quantitative estimate of drug-likeness (QED) is 0.265. The van der Waals surface area contributed by atoms with Crippen molar-refractivity contribution in [3.05, 3.63) is 59.6 Å². The number of fused-ring (bicyclic) bond motifs is 1. The lowest BCUT2D eigenvalue weighted by Gasteiger charge is -2.26. The van der Waals surface area contributed by atoms with Crippen molar-refractivity contribution in [2.75, 3.05) is 39.5 Å². The van der Waals surface area contributed by atoms with Gasteiger partial charge in [0.25, 0.3) is 0 Å². The van der Waals surface area contributed by atoms with Gasteiger partial charge in [0.2, 0.25) is 11.7 Å². The Balaban J connectivity index is 1.37. The predicted molar refractivity (Wildman–Crippen MR) is 146 cm³/mol. The van der Waals surface area contributed by atoms with Crippen molar-refractivity contribution < 1.29 is 28.5 Å². The van der Waals surface area contributed by atoms with E-state index in [1.54, 1.807) is 38.4 Å². The predicted octanol–water partition coefficient (Wildman–Crippen LogP) is 3.82. The Bertz CT molecular complexity index is 1420. The largest absolute Gasteiger partial charge is 0.492 e. The first kappa shape index (κ1) is 26.6. The number of H-pyrrole nitrogens is 1. The lowest BCUT2D eigenvalue weighted by atomic mass is 10.0. The molecule has 1 aromatic carbocycles. The highest BCUT2D eigenvalue weighted by atomic mass is 16.6. The summed E-state index contributed by atoms with van der Waals surface area (Å²) in [5, 5.41) is 0.827. The van der Waals surface area contributed by atoms with Crippen molar-refractivity contribution in [3.63, 3.8) is 0 Å². The van der Waals surface area contributed by atoms with Gasteiger partial charge < -0.3 is 23.9 Å². The number of morpholine rings is 1. The van der Waals surface area contributed by atoms with Gasteiger partial charge >= 0.3 is 5.97 Å². The van der Waals surface area contributed by atoms with Crippen LogP contribution >= 0.6 is 0 Å². The Morgan fingerprint density at radius 1 is 1.28 bits per heavy atom. The van der Waals surface area contributed by atoms with E-state index in [2.05, 4.69) is 19.9 Å². The number of nitrogens with one attached hydrogen (secondary N) is 1. The monoisotopic (exact) mass is 532 g/mol. The van der Waals surface area contributed by atoms with Crippen molar-refractivity contribution in [1.82, 2.24) is 14.9 Å². The van der Waals surface area contributed by atoms with Crippen LogP contribution in [0, 0.1) is 12.8 Å². The molecule has 0 bridgehead atoms. The lowest BCUT2D eigenvalue weighted by Crippen LogP contribution is -2.38. The van der Waals surface area contributed by atoms with Crippen LogP contribution in [0.5, 0.6) is 5.75 Å². The molecule has 0 radical (unpaired) electrons. The van der Waals surface area contributed by atoms with Crippen LogP contribution < -0.4 is 4.74 Å². The zero-order valence-electron chi connectivity index (χ0n) is 22.3. The average Bonchev–Trinajstić information content (AvgIpc) is 3.46. The normalized spacial score (nSPS) is 20.2. The Hall–Kier alpha value is -4.02. The highest BCUT2D eigenvalue weighted by Crippen LogP contribution is 2.31.